The van der Waals surface area contributed by atoms with Crippen LogP contribution in [0.2, 0.25) is 0 Å². The minimum Gasteiger partial charge on any atom is -0.618 e. The van der Waals surface area contributed by atoms with Crippen molar-refractivity contribution < 1.29 is 4.74 Å². The van der Waals surface area contributed by atoms with Crippen LogP contribution in [0.15, 0.2) is 48.5 Å². The van der Waals surface area contributed by atoms with E-state index in [1.807, 2.05) is 62.4 Å². The second-order valence-electron chi connectivity index (χ2n) is 4.21. The number of rotatable bonds is 2. The van der Waals surface area contributed by atoms with Gasteiger partial charge < -0.3 is 5.21 Å². The maximum atomic E-state index is 11.9. The van der Waals surface area contributed by atoms with Crippen LogP contribution >= 0.6 is 0 Å². The Hall–Kier alpha value is -2.09. The van der Waals surface area contributed by atoms with E-state index in [1.54, 1.807) is 6.21 Å². The van der Waals surface area contributed by atoms with E-state index < -0.39 is 0 Å². The maximum Gasteiger partial charge on any atom is 0.216 e. The summed E-state index contributed by atoms with van der Waals surface area (Å²) < 4.78 is 0.905. The minimum atomic E-state index is 0.659. The predicted octanol–water partition coefficient (Wildman–Crippen LogP) is 3.56. The summed E-state index contributed by atoms with van der Waals surface area (Å²) in [6.45, 7) is 3.99. The highest BCUT2D eigenvalue weighted by Gasteiger charge is 2.01. The molecule has 0 atom stereocenters. The van der Waals surface area contributed by atoms with Gasteiger partial charge in [0.25, 0.3) is 0 Å². The number of aryl methyl sites for hydroxylation is 2. The number of hydrogen-bond acceptors (Lipinski definition) is 1. The summed E-state index contributed by atoms with van der Waals surface area (Å²) >= 11 is 0. The molecule has 0 aliphatic carbocycles. The Bertz CT molecular complexity index is 558. The molecule has 0 radical (unpaired) electrons. The van der Waals surface area contributed by atoms with Gasteiger partial charge in [0.15, 0.2) is 6.21 Å². The predicted molar refractivity (Wildman–Crippen MR) is 70.8 cm³/mol. The van der Waals surface area contributed by atoms with Crippen molar-refractivity contribution in [2.24, 2.45) is 0 Å². The number of benzene rings is 2. The SMILES string of the molecule is Cc1cccc(C=[N+]([O-])c2cccc(C)c2)c1. The van der Waals surface area contributed by atoms with Crippen LogP contribution < -0.4 is 0 Å². The molecule has 0 N–H and O–H groups in total. The van der Waals surface area contributed by atoms with Gasteiger partial charge >= 0.3 is 0 Å². The molecule has 0 aliphatic heterocycles. The third-order valence-electron chi connectivity index (χ3n) is 2.56. The molecular weight excluding hydrogens is 210 g/mol. The quantitative estimate of drug-likeness (QED) is 0.332. The van der Waals surface area contributed by atoms with Crippen LogP contribution in [0, 0.1) is 19.1 Å². The zero-order chi connectivity index (χ0) is 12.3. The first-order valence-electron chi connectivity index (χ1n) is 5.60. The highest BCUT2D eigenvalue weighted by atomic mass is 16.5. The lowest BCUT2D eigenvalue weighted by molar-refractivity contribution is -0.354. The summed E-state index contributed by atoms with van der Waals surface area (Å²) in [7, 11) is 0. The fourth-order valence-electron chi connectivity index (χ4n) is 1.73. The maximum absolute atomic E-state index is 11.9. The van der Waals surface area contributed by atoms with Crippen LogP contribution in [0.5, 0.6) is 0 Å². The molecule has 0 aromatic heterocycles. The first-order chi connectivity index (χ1) is 8.15. The molecule has 0 spiro atoms. The molecule has 2 rings (SSSR count). The summed E-state index contributed by atoms with van der Waals surface area (Å²) in [6, 6.07) is 15.4. The lowest BCUT2D eigenvalue weighted by Gasteiger charge is -2.03. The molecule has 0 heterocycles. The fourth-order valence-corrected chi connectivity index (χ4v) is 1.73. The Labute approximate surface area is 101 Å². The average molecular weight is 225 g/mol. The summed E-state index contributed by atoms with van der Waals surface area (Å²) in [4.78, 5) is 0. The van der Waals surface area contributed by atoms with Gasteiger partial charge in [-0.3, -0.25) is 0 Å². The van der Waals surface area contributed by atoms with Crippen molar-refractivity contribution >= 4 is 11.9 Å². The van der Waals surface area contributed by atoms with E-state index in [2.05, 4.69) is 0 Å². The topological polar surface area (TPSA) is 26.1 Å². The van der Waals surface area contributed by atoms with Gasteiger partial charge in [0.1, 0.15) is 0 Å². The van der Waals surface area contributed by atoms with Crippen LogP contribution in [-0.2, 0) is 0 Å². The van der Waals surface area contributed by atoms with Crippen LogP contribution in [0.1, 0.15) is 16.7 Å². The summed E-state index contributed by atoms with van der Waals surface area (Å²) in [5, 5.41) is 11.9. The van der Waals surface area contributed by atoms with Crippen molar-refractivity contribution in [3.63, 3.8) is 0 Å². The van der Waals surface area contributed by atoms with E-state index >= 15 is 0 Å². The van der Waals surface area contributed by atoms with Gasteiger partial charge in [-0.15, -0.1) is 0 Å². The summed E-state index contributed by atoms with van der Waals surface area (Å²) in [5.74, 6) is 0. The van der Waals surface area contributed by atoms with Crippen molar-refractivity contribution in [3.05, 3.63) is 70.4 Å². The molecule has 0 saturated carbocycles. The third kappa shape index (κ3) is 2.94. The molecule has 0 bridgehead atoms. The van der Waals surface area contributed by atoms with Gasteiger partial charge in [-0.05, 0) is 31.5 Å². The van der Waals surface area contributed by atoms with E-state index in [4.69, 9.17) is 0 Å². The van der Waals surface area contributed by atoms with Crippen LogP contribution in [-0.4, -0.2) is 11.0 Å². The molecule has 2 aromatic carbocycles. The van der Waals surface area contributed by atoms with Crippen molar-refractivity contribution in [2.75, 3.05) is 0 Å². The van der Waals surface area contributed by atoms with E-state index in [-0.39, 0.29) is 0 Å². The Morgan fingerprint density at radius 2 is 1.59 bits per heavy atom. The molecule has 2 heteroatoms. The van der Waals surface area contributed by atoms with Crippen molar-refractivity contribution in [3.8, 4) is 0 Å². The zero-order valence-corrected chi connectivity index (χ0v) is 10.1. The number of hydrogen-bond donors (Lipinski definition) is 0. The van der Waals surface area contributed by atoms with E-state index in [1.165, 1.54) is 0 Å². The lowest BCUT2D eigenvalue weighted by atomic mass is 10.1. The fraction of sp³-hybridized carbons (Fsp3) is 0.133. The minimum absolute atomic E-state index is 0.659. The third-order valence-corrected chi connectivity index (χ3v) is 2.56. The van der Waals surface area contributed by atoms with Crippen LogP contribution in [0.4, 0.5) is 5.69 Å². The van der Waals surface area contributed by atoms with Crippen molar-refractivity contribution in [1.82, 2.24) is 0 Å². The molecule has 0 aliphatic rings. The molecule has 0 amide bonds. The Morgan fingerprint density at radius 3 is 2.24 bits per heavy atom. The second kappa shape index (κ2) is 4.83. The van der Waals surface area contributed by atoms with Crippen LogP contribution in [0.3, 0.4) is 0 Å². The normalized spacial score (nSPS) is 11.5. The molecule has 17 heavy (non-hydrogen) atoms. The van der Waals surface area contributed by atoms with Crippen molar-refractivity contribution in [1.29, 1.82) is 0 Å². The first-order valence-corrected chi connectivity index (χ1v) is 5.60. The highest BCUT2D eigenvalue weighted by molar-refractivity contribution is 5.76. The average Bonchev–Trinajstić information content (AvgIpc) is 2.29. The summed E-state index contributed by atoms with van der Waals surface area (Å²) in [6.07, 6.45) is 1.60. The van der Waals surface area contributed by atoms with Gasteiger partial charge in [0.05, 0.1) is 0 Å². The van der Waals surface area contributed by atoms with E-state index in [0.717, 1.165) is 21.4 Å². The Morgan fingerprint density at radius 1 is 0.941 bits per heavy atom. The van der Waals surface area contributed by atoms with Gasteiger partial charge in [0.2, 0.25) is 5.69 Å². The Balaban J connectivity index is 2.34. The molecule has 86 valence electrons. The monoisotopic (exact) mass is 225 g/mol. The van der Waals surface area contributed by atoms with Crippen LogP contribution in [0.25, 0.3) is 0 Å². The highest BCUT2D eigenvalue weighted by Crippen LogP contribution is 2.13. The van der Waals surface area contributed by atoms with E-state index in [0.29, 0.717) is 5.69 Å². The molecule has 0 saturated heterocycles. The van der Waals surface area contributed by atoms with Crippen molar-refractivity contribution in [2.45, 2.75) is 13.8 Å². The number of nitrogens with zero attached hydrogens (tertiary/aromatic N) is 1. The molecule has 0 fully saturated rings. The smallest absolute Gasteiger partial charge is 0.216 e. The van der Waals surface area contributed by atoms with Gasteiger partial charge in [0, 0.05) is 17.7 Å². The molecule has 0 unspecified atom stereocenters. The van der Waals surface area contributed by atoms with Gasteiger partial charge in [-0.25, -0.2) is 0 Å². The van der Waals surface area contributed by atoms with E-state index in [9.17, 15) is 5.21 Å². The van der Waals surface area contributed by atoms with Gasteiger partial charge in [-0.1, -0.05) is 29.8 Å². The molecular formula is C15H15NO. The Kier molecular flexibility index (Phi) is 3.24. The first kappa shape index (κ1) is 11.4. The molecule has 2 aromatic rings. The standard InChI is InChI=1S/C15H15NO/c1-12-5-3-7-14(9-12)11-16(17)15-8-4-6-13(2)10-15/h3-11H,1-2H3. The molecule has 2 nitrogen and oxygen atoms in total. The summed E-state index contributed by atoms with van der Waals surface area (Å²) in [5.41, 5.74) is 3.81. The zero-order valence-electron chi connectivity index (χ0n) is 10.1. The lowest BCUT2D eigenvalue weighted by Crippen LogP contribution is -1.99. The largest absolute Gasteiger partial charge is 0.618 e. The van der Waals surface area contributed by atoms with Gasteiger partial charge in [-0.2, -0.15) is 4.74 Å². The second-order valence-corrected chi connectivity index (χ2v) is 4.21.